The molecular weight excluding hydrogens is 323 g/mol. The SMILES string of the molecule is CCCCCC(=C=Cc1ccc(OC)cc1)[Se]CCCC. The zero-order valence-corrected chi connectivity index (χ0v) is 15.4. The summed E-state index contributed by atoms with van der Waals surface area (Å²) in [6.07, 6.45) is 9.93. The third-order valence-electron chi connectivity index (χ3n) is 3.30. The van der Waals surface area contributed by atoms with Crippen molar-refractivity contribution in [1.82, 2.24) is 0 Å². The molecule has 0 aliphatic rings. The summed E-state index contributed by atoms with van der Waals surface area (Å²) in [6, 6.07) is 8.20. The Labute approximate surface area is 136 Å². The van der Waals surface area contributed by atoms with Crippen LogP contribution in [0, 0.1) is 0 Å². The molecule has 1 nitrogen and oxygen atoms in total. The molecule has 0 spiro atoms. The van der Waals surface area contributed by atoms with Gasteiger partial charge in [-0.3, -0.25) is 0 Å². The van der Waals surface area contributed by atoms with Crippen LogP contribution in [0.15, 0.2) is 34.5 Å². The Morgan fingerprint density at radius 1 is 1.10 bits per heavy atom. The van der Waals surface area contributed by atoms with Crippen LogP contribution in [0.1, 0.15) is 57.9 Å². The Kier molecular flexibility index (Phi) is 10.1. The quantitative estimate of drug-likeness (QED) is 0.299. The number of unbranched alkanes of at least 4 members (excludes halogenated alkanes) is 3. The Bertz CT molecular complexity index is 429. The molecule has 0 unspecified atom stereocenters. The first-order chi connectivity index (χ1) is 10.3. The normalized spacial score (nSPS) is 10.0. The third-order valence-corrected chi connectivity index (χ3v) is 5.74. The van der Waals surface area contributed by atoms with Gasteiger partial charge in [-0.25, -0.2) is 0 Å². The Balaban J connectivity index is 2.69. The molecule has 1 aromatic rings. The van der Waals surface area contributed by atoms with Crippen LogP contribution >= 0.6 is 0 Å². The molecule has 0 saturated carbocycles. The van der Waals surface area contributed by atoms with Crippen molar-refractivity contribution in [2.45, 2.75) is 57.7 Å². The molecule has 0 aliphatic carbocycles. The van der Waals surface area contributed by atoms with E-state index in [1.54, 1.807) is 11.6 Å². The van der Waals surface area contributed by atoms with Gasteiger partial charge >= 0.3 is 136 Å². The summed E-state index contributed by atoms with van der Waals surface area (Å²) in [5.74, 6) is 0.909. The van der Waals surface area contributed by atoms with Crippen molar-refractivity contribution >= 4 is 21.0 Å². The number of allylic oxidation sites excluding steroid dienone is 1. The molecule has 0 aliphatic heterocycles. The molecule has 0 amide bonds. The van der Waals surface area contributed by atoms with Gasteiger partial charge in [-0.15, -0.1) is 0 Å². The molecule has 0 radical (unpaired) electrons. The van der Waals surface area contributed by atoms with Crippen LogP contribution in [0.4, 0.5) is 0 Å². The second-order valence-corrected chi connectivity index (χ2v) is 7.64. The second kappa shape index (κ2) is 11.7. The molecule has 0 bridgehead atoms. The number of hydrogen-bond donors (Lipinski definition) is 0. The predicted molar refractivity (Wildman–Crippen MR) is 94.1 cm³/mol. The van der Waals surface area contributed by atoms with Gasteiger partial charge in [0.05, 0.1) is 0 Å². The molecule has 0 fully saturated rings. The summed E-state index contributed by atoms with van der Waals surface area (Å²) >= 11 is 0.618. The third kappa shape index (κ3) is 8.17. The summed E-state index contributed by atoms with van der Waals surface area (Å²) in [6.45, 7) is 4.53. The Hall–Kier alpha value is -0.941. The minimum absolute atomic E-state index is 0.618. The van der Waals surface area contributed by atoms with Gasteiger partial charge in [0.25, 0.3) is 0 Å². The molecular formula is C19H28OSe. The average Bonchev–Trinajstić information content (AvgIpc) is 2.53. The number of hydrogen-bond acceptors (Lipinski definition) is 1. The monoisotopic (exact) mass is 352 g/mol. The van der Waals surface area contributed by atoms with Gasteiger partial charge in [0.15, 0.2) is 0 Å². The van der Waals surface area contributed by atoms with Crippen LogP contribution in [0.5, 0.6) is 5.75 Å². The average molecular weight is 351 g/mol. The van der Waals surface area contributed by atoms with Gasteiger partial charge in [0, 0.05) is 0 Å². The molecule has 2 heteroatoms. The van der Waals surface area contributed by atoms with E-state index in [1.807, 2.05) is 12.1 Å². The summed E-state index contributed by atoms with van der Waals surface area (Å²) in [4.78, 5) is 0. The minimum atomic E-state index is 0.618. The fourth-order valence-electron chi connectivity index (χ4n) is 1.93. The van der Waals surface area contributed by atoms with Crippen LogP contribution in [-0.2, 0) is 0 Å². The van der Waals surface area contributed by atoms with Gasteiger partial charge in [0.1, 0.15) is 0 Å². The van der Waals surface area contributed by atoms with E-state index in [-0.39, 0.29) is 0 Å². The van der Waals surface area contributed by atoms with Crippen molar-refractivity contribution in [2.24, 2.45) is 0 Å². The first-order valence-corrected chi connectivity index (χ1v) is 10.1. The van der Waals surface area contributed by atoms with Gasteiger partial charge in [0.2, 0.25) is 0 Å². The number of methoxy groups -OCH3 is 1. The van der Waals surface area contributed by atoms with Crippen molar-refractivity contribution in [3.8, 4) is 5.75 Å². The van der Waals surface area contributed by atoms with Crippen molar-refractivity contribution < 1.29 is 4.74 Å². The van der Waals surface area contributed by atoms with Gasteiger partial charge in [-0.2, -0.15) is 0 Å². The van der Waals surface area contributed by atoms with E-state index < -0.39 is 0 Å². The molecule has 0 saturated heterocycles. The Morgan fingerprint density at radius 2 is 1.81 bits per heavy atom. The maximum absolute atomic E-state index is 5.19. The zero-order chi connectivity index (χ0) is 15.3. The summed E-state index contributed by atoms with van der Waals surface area (Å²) in [7, 11) is 1.70. The zero-order valence-electron chi connectivity index (χ0n) is 13.7. The van der Waals surface area contributed by atoms with Crippen LogP contribution in [0.2, 0.25) is 5.32 Å². The molecule has 1 aromatic carbocycles. The summed E-state index contributed by atoms with van der Waals surface area (Å²) in [5.41, 5.74) is 4.77. The molecule has 21 heavy (non-hydrogen) atoms. The van der Waals surface area contributed by atoms with Crippen molar-refractivity contribution in [1.29, 1.82) is 0 Å². The fourth-order valence-corrected chi connectivity index (χ4v) is 4.25. The molecule has 0 atom stereocenters. The van der Waals surface area contributed by atoms with E-state index >= 15 is 0 Å². The maximum atomic E-state index is 5.19. The molecule has 1 rings (SSSR count). The van der Waals surface area contributed by atoms with Crippen LogP contribution in [0.3, 0.4) is 0 Å². The predicted octanol–water partition coefficient (Wildman–Crippen LogP) is 5.69. The van der Waals surface area contributed by atoms with Gasteiger partial charge < -0.3 is 0 Å². The van der Waals surface area contributed by atoms with Crippen molar-refractivity contribution in [3.63, 3.8) is 0 Å². The Morgan fingerprint density at radius 3 is 2.43 bits per heavy atom. The number of rotatable bonds is 10. The summed E-state index contributed by atoms with van der Waals surface area (Å²) in [5, 5.41) is 1.36. The van der Waals surface area contributed by atoms with Crippen molar-refractivity contribution in [2.75, 3.05) is 7.11 Å². The van der Waals surface area contributed by atoms with Crippen LogP contribution in [-0.4, -0.2) is 22.1 Å². The van der Waals surface area contributed by atoms with E-state index in [9.17, 15) is 0 Å². The van der Waals surface area contributed by atoms with Gasteiger partial charge in [-0.1, -0.05) is 0 Å². The molecule has 0 heterocycles. The van der Waals surface area contributed by atoms with Gasteiger partial charge in [-0.05, 0) is 0 Å². The number of ether oxygens (including phenoxy) is 1. The van der Waals surface area contributed by atoms with Crippen LogP contribution in [0.25, 0.3) is 6.08 Å². The van der Waals surface area contributed by atoms with E-state index in [0.717, 1.165) is 5.75 Å². The second-order valence-electron chi connectivity index (χ2n) is 5.14. The molecule has 116 valence electrons. The van der Waals surface area contributed by atoms with E-state index in [1.165, 1.54) is 49.4 Å². The van der Waals surface area contributed by atoms with Crippen molar-refractivity contribution in [3.05, 3.63) is 40.0 Å². The first kappa shape index (κ1) is 18.1. The molecule has 0 N–H and O–H groups in total. The topological polar surface area (TPSA) is 9.23 Å². The molecule has 0 aromatic heterocycles. The van der Waals surface area contributed by atoms with E-state index in [2.05, 4.69) is 37.8 Å². The van der Waals surface area contributed by atoms with E-state index in [4.69, 9.17) is 4.74 Å². The fraction of sp³-hybridized carbons (Fsp3) is 0.526. The summed E-state index contributed by atoms with van der Waals surface area (Å²) < 4.78 is 6.73. The standard InChI is InChI=1S/C19H28OSe/c1-4-6-8-9-19(21-16-7-5-2)15-12-17-10-13-18(20-3)14-11-17/h10-14H,4-9,16H2,1-3H3. The number of benzene rings is 1. The van der Waals surface area contributed by atoms with Crippen LogP contribution < -0.4 is 4.74 Å². The first-order valence-electron chi connectivity index (χ1n) is 8.02. The van der Waals surface area contributed by atoms with E-state index in [0.29, 0.717) is 15.0 Å².